The molecule has 0 fully saturated rings. The number of non-ortho nitro benzene ring substituents is 1. The lowest BCUT2D eigenvalue weighted by Gasteiger charge is -2.16. The van der Waals surface area contributed by atoms with Crippen molar-refractivity contribution in [2.45, 2.75) is 19.4 Å². The lowest BCUT2D eigenvalue weighted by atomic mass is 10.1. The highest BCUT2D eigenvalue weighted by atomic mass is 16.6. The molecule has 0 radical (unpaired) electrons. The number of nitro groups is 1. The van der Waals surface area contributed by atoms with Gasteiger partial charge in [-0.3, -0.25) is 10.1 Å². The largest absolute Gasteiger partial charge is 0.467 e. The van der Waals surface area contributed by atoms with Crippen LogP contribution >= 0.6 is 0 Å². The van der Waals surface area contributed by atoms with Gasteiger partial charge in [-0.15, -0.1) is 0 Å². The van der Waals surface area contributed by atoms with Crippen molar-refractivity contribution < 1.29 is 9.34 Å². The van der Waals surface area contributed by atoms with Crippen LogP contribution in [-0.2, 0) is 0 Å². The number of benzene rings is 1. The quantitative estimate of drug-likeness (QED) is 0.662. The van der Waals surface area contributed by atoms with E-state index in [1.807, 2.05) is 19.1 Å². The summed E-state index contributed by atoms with van der Waals surface area (Å²) in [5.41, 5.74) is 0.698. The minimum Gasteiger partial charge on any atom is -0.467 e. The van der Waals surface area contributed by atoms with Crippen LogP contribution in [0.5, 0.6) is 0 Å². The van der Waals surface area contributed by atoms with Gasteiger partial charge in [0.05, 0.1) is 28.5 Å². The Hall–Kier alpha value is -2.81. The highest BCUT2D eigenvalue weighted by Gasteiger charge is 2.16. The highest BCUT2D eigenvalue weighted by molar-refractivity contribution is 5.62. The number of nitriles is 1. The van der Waals surface area contributed by atoms with Crippen LogP contribution in [0.25, 0.3) is 0 Å². The molecule has 6 heteroatoms. The molecule has 0 aliphatic rings. The molecule has 1 aromatic carbocycles. The first-order valence-electron chi connectivity index (χ1n) is 6.14. The predicted octanol–water partition coefficient (Wildman–Crippen LogP) is 3.62. The van der Waals surface area contributed by atoms with Gasteiger partial charge >= 0.3 is 0 Å². The van der Waals surface area contributed by atoms with E-state index >= 15 is 0 Å². The molecule has 1 unspecified atom stereocenters. The summed E-state index contributed by atoms with van der Waals surface area (Å²) in [5.74, 6) is 0.759. The molecule has 2 rings (SSSR count). The number of hydrogen-bond donors (Lipinski definition) is 1. The van der Waals surface area contributed by atoms with Crippen LogP contribution in [0.3, 0.4) is 0 Å². The monoisotopic (exact) mass is 271 g/mol. The second-order valence-electron chi connectivity index (χ2n) is 4.22. The summed E-state index contributed by atoms with van der Waals surface area (Å²) in [6.45, 7) is 1.98. The van der Waals surface area contributed by atoms with Gasteiger partial charge in [0.25, 0.3) is 5.69 Å². The molecule has 0 bridgehead atoms. The van der Waals surface area contributed by atoms with E-state index in [0.717, 1.165) is 12.2 Å². The summed E-state index contributed by atoms with van der Waals surface area (Å²) in [4.78, 5) is 10.2. The van der Waals surface area contributed by atoms with E-state index in [1.165, 1.54) is 12.1 Å². The average Bonchev–Trinajstić information content (AvgIpc) is 2.98. The fourth-order valence-corrected chi connectivity index (χ4v) is 1.92. The second kappa shape index (κ2) is 5.89. The number of nitrogens with zero attached hydrogens (tertiary/aromatic N) is 2. The first-order chi connectivity index (χ1) is 9.65. The molecule has 0 aliphatic heterocycles. The Balaban J connectivity index is 2.29. The van der Waals surface area contributed by atoms with Gasteiger partial charge in [-0.05, 0) is 24.6 Å². The SMILES string of the molecule is CCC(Nc1ccc([N+](=O)[O-])cc1C#N)c1ccco1. The minimum atomic E-state index is -0.519. The van der Waals surface area contributed by atoms with Crippen LogP contribution in [0.4, 0.5) is 11.4 Å². The average molecular weight is 271 g/mol. The zero-order valence-corrected chi connectivity index (χ0v) is 10.9. The normalized spacial score (nSPS) is 11.6. The van der Waals surface area contributed by atoms with Crippen LogP contribution < -0.4 is 5.32 Å². The van der Waals surface area contributed by atoms with Crippen molar-refractivity contribution in [1.82, 2.24) is 0 Å². The summed E-state index contributed by atoms with van der Waals surface area (Å²) in [6.07, 6.45) is 2.34. The Kier molecular flexibility index (Phi) is 4.01. The first-order valence-corrected chi connectivity index (χ1v) is 6.14. The Bertz CT molecular complexity index is 644. The Labute approximate surface area is 115 Å². The van der Waals surface area contributed by atoms with Crippen molar-refractivity contribution >= 4 is 11.4 Å². The van der Waals surface area contributed by atoms with Crippen LogP contribution in [0.15, 0.2) is 41.0 Å². The number of nitrogens with one attached hydrogen (secondary N) is 1. The maximum absolute atomic E-state index is 10.7. The highest BCUT2D eigenvalue weighted by Crippen LogP contribution is 2.27. The lowest BCUT2D eigenvalue weighted by Crippen LogP contribution is -2.10. The molecule has 1 heterocycles. The number of anilines is 1. The second-order valence-corrected chi connectivity index (χ2v) is 4.22. The standard InChI is InChI=1S/C14H13N3O3/c1-2-12(14-4-3-7-20-14)16-13-6-5-11(17(18)19)8-10(13)9-15/h3-8,12,16H,2H2,1H3. The van der Waals surface area contributed by atoms with E-state index < -0.39 is 4.92 Å². The Morgan fingerprint density at radius 1 is 1.50 bits per heavy atom. The van der Waals surface area contributed by atoms with Crippen molar-refractivity contribution in [3.63, 3.8) is 0 Å². The van der Waals surface area contributed by atoms with E-state index in [9.17, 15) is 10.1 Å². The Morgan fingerprint density at radius 3 is 2.85 bits per heavy atom. The molecule has 1 aromatic heterocycles. The fourth-order valence-electron chi connectivity index (χ4n) is 1.92. The lowest BCUT2D eigenvalue weighted by molar-refractivity contribution is -0.384. The summed E-state index contributed by atoms with van der Waals surface area (Å²) in [6, 6.07) is 9.70. The molecule has 0 amide bonds. The van der Waals surface area contributed by atoms with Gasteiger partial charge in [-0.25, -0.2) is 0 Å². The van der Waals surface area contributed by atoms with Gasteiger partial charge in [0.1, 0.15) is 11.8 Å². The van der Waals surface area contributed by atoms with Crippen molar-refractivity contribution in [3.8, 4) is 6.07 Å². The molecule has 0 saturated heterocycles. The van der Waals surface area contributed by atoms with Crippen molar-refractivity contribution in [3.05, 3.63) is 58.0 Å². The van der Waals surface area contributed by atoms with Crippen molar-refractivity contribution in [2.24, 2.45) is 0 Å². The third-order valence-electron chi connectivity index (χ3n) is 2.96. The maximum atomic E-state index is 10.7. The van der Waals surface area contributed by atoms with E-state index in [4.69, 9.17) is 9.68 Å². The van der Waals surface area contributed by atoms with Crippen molar-refractivity contribution in [1.29, 1.82) is 5.26 Å². The smallest absolute Gasteiger partial charge is 0.270 e. The summed E-state index contributed by atoms with van der Waals surface area (Å²) in [7, 11) is 0. The maximum Gasteiger partial charge on any atom is 0.270 e. The van der Waals surface area contributed by atoms with Crippen LogP contribution in [0, 0.1) is 21.4 Å². The summed E-state index contributed by atoms with van der Waals surface area (Å²) >= 11 is 0. The van der Waals surface area contributed by atoms with Gasteiger partial charge < -0.3 is 9.73 Å². The third kappa shape index (κ3) is 2.78. The molecule has 0 aliphatic carbocycles. The molecular weight excluding hydrogens is 258 g/mol. The van der Waals surface area contributed by atoms with Gasteiger partial charge in [0.2, 0.25) is 0 Å². The van der Waals surface area contributed by atoms with Crippen molar-refractivity contribution in [2.75, 3.05) is 5.32 Å². The van der Waals surface area contributed by atoms with Crippen LogP contribution in [0.1, 0.15) is 30.7 Å². The van der Waals surface area contributed by atoms with Crippen LogP contribution in [0.2, 0.25) is 0 Å². The molecule has 1 N–H and O–H groups in total. The van der Waals surface area contributed by atoms with Gasteiger partial charge in [-0.2, -0.15) is 5.26 Å². The third-order valence-corrected chi connectivity index (χ3v) is 2.96. The van der Waals surface area contributed by atoms with E-state index in [2.05, 4.69) is 5.32 Å². The topological polar surface area (TPSA) is 92.1 Å². The molecular formula is C14H13N3O3. The van der Waals surface area contributed by atoms with E-state index in [-0.39, 0.29) is 17.3 Å². The summed E-state index contributed by atoms with van der Waals surface area (Å²) < 4.78 is 5.34. The Morgan fingerprint density at radius 2 is 2.30 bits per heavy atom. The fraction of sp³-hybridized carbons (Fsp3) is 0.214. The minimum absolute atomic E-state index is 0.0847. The molecule has 0 spiro atoms. The van der Waals surface area contributed by atoms with Gasteiger partial charge in [0.15, 0.2) is 0 Å². The van der Waals surface area contributed by atoms with E-state index in [0.29, 0.717) is 5.69 Å². The zero-order valence-electron chi connectivity index (χ0n) is 10.9. The number of nitro benzene ring substituents is 1. The predicted molar refractivity (Wildman–Crippen MR) is 73.2 cm³/mol. The van der Waals surface area contributed by atoms with Gasteiger partial charge in [-0.1, -0.05) is 6.92 Å². The molecule has 20 heavy (non-hydrogen) atoms. The number of rotatable bonds is 5. The molecule has 102 valence electrons. The molecule has 2 aromatic rings. The summed E-state index contributed by atoms with van der Waals surface area (Å²) in [5, 5.41) is 23.0. The first kappa shape index (κ1) is 13.6. The number of furan rings is 1. The van der Waals surface area contributed by atoms with Crippen LogP contribution in [-0.4, -0.2) is 4.92 Å². The molecule has 6 nitrogen and oxygen atoms in total. The zero-order chi connectivity index (χ0) is 14.5. The van der Waals surface area contributed by atoms with E-state index in [1.54, 1.807) is 18.4 Å². The molecule has 0 saturated carbocycles. The number of hydrogen-bond acceptors (Lipinski definition) is 5. The molecule has 1 atom stereocenters. The van der Waals surface area contributed by atoms with Gasteiger partial charge in [0, 0.05) is 12.1 Å².